The molecule has 11 N–H and O–H groups in total. The highest BCUT2D eigenvalue weighted by Crippen LogP contribution is 2.40. The molecule has 7 aromatic rings. The topological polar surface area (TPSA) is 275 Å². The summed E-state index contributed by atoms with van der Waals surface area (Å²) in [7, 11) is 0. The van der Waals surface area contributed by atoms with Crippen LogP contribution in [0.15, 0.2) is 240 Å². The zero-order valence-corrected chi connectivity index (χ0v) is 57.6. The van der Waals surface area contributed by atoms with Crippen LogP contribution < -0.4 is 0 Å². The Bertz CT molecular complexity index is 3100. The van der Waals surface area contributed by atoms with Gasteiger partial charge in [-0.05, 0) is 194 Å². The Hall–Kier alpha value is -7.48. The second kappa shape index (κ2) is 54.7. The van der Waals surface area contributed by atoms with Crippen molar-refractivity contribution in [2.24, 2.45) is 5.41 Å². The standard InChI is InChI=1S/C13H22O.C10H18O.C9H10O.C8H10O2.C8H10O.C7H8O2.C7H12O.C7H8O.C6H8O3.C5H6O2/c1-10-6-5-9-13(3,4)12(10)8-7-11(2)14;1-9(2)5-4-6-10(3)7-8-11;10-8-4-7-9-5-2-1-3-6-9;9-7-2-1-3-8-6(7)4-5-10-8;1-7(9)8-5-3-2-4-6-8;8-5-1-3-7-4-2-6-9-7;2*8-6-7-4-2-1-3-5-7;7-3-5-1-2-6(4-8)9-5;6-4-5-2-1-3-7-5/h7-8,11,14H,5-6,9H2,1-4H3;5,7,11H,4,6,8H2,1-3H3;1-7,10H,8H2;4-5,7,9H,1-3H2;2-7,9H,1H3;1-4,6,8H,5H2;4,8H,1-3,5-6H2;1-5,8H,6H2;1-2,7-8H,3-4H2;1-3,6H,4H2/b8-7+;10-7+;7-4+;;;3-1+;;;;. The summed E-state index contributed by atoms with van der Waals surface area (Å²) >= 11 is 0. The largest absolute Gasteiger partial charge is 0.469 e. The average molecular weight is 1310 g/mol. The van der Waals surface area contributed by atoms with Crippen molar-refractivity contribution in [2.75, 3.05) is 26.4 Å². The van der Waals surface area contributed by atoms with Gasteiger partial charge in [0.1, 0.15) is 48.6 Å². The number of aliphatic hydroxyl groups excluding tert-OH is 11. The van der Waals surface area contributed by atoms with Gasteiger partial charge < -0.3 is 73.8 Å². The summed E-state index contributed by atoms with van der Waals surface area (Å²) in [6.45, 7) is 17.1. The molecule has 15 nitrogen and oxygen atoms in total. The maximum atomic E-state index is 9.39. The lowest BCUT2D eigenvalue weighted by Crippen LogP contribution is -2.19. The zero-order valence-electron chi connectivity index (χ0n) is 57.6. The fraction of sp³-hybridized carbons (Fsp3) is 0.400. The van der Waals surface area contributed by atoms with Crippen LogP contribution in [0.25, 0.3) is 12.2 Å². The molecule has 3 atom stereocenters. The number of allylic oxidation sites excluding steroid dienone is 7. The monoisotopic (exact) mass is 1310 g/mol. The van der Waals surface area contributed by atoms with Crippen molar-refractivity contribution in [2.45, 2.75) is 177 Å². The number of benzene rings is 3. The van der Waals surface area contributed by atoms with Crippen molar-refractivity contribution in [3.8, 4) is 0 Å². The summed E-state index contributed by atoms with van der Waals surface area (Å²) in [6, 6.07) is 41.2. The van der Waals surface area contributed by atoms with Gasteiger partial charge in [0.15, 0.2) is 0 Å². The molecule has 4 aromatic heterocycles. The summed E-state index contributed by atoms with van der Waals surface area (Å²) in [5, 5.41) is 95.4. The fourth-order valence-corrected chi connectivity index (χ4v) is 9.22. The normalized spacial score (nSPS) is 15.0. The van der Waals surface area contributed by atoms with Crippen molar-refractivity contribution < 1.29 is 73.8 Å². The number of rotatable bonds is 16. The molecule has 522 valence electrons. The first kappa shape index (κ1) is 85.5. The molecule has 95 heavy (non-hydrogen) atoms. The van der Waals surface area contributed by atoms with Crippen molar-refractivity contribution in [1.29, 1.82) is 0 Å². The Morgan fingerprint density at radius 2 is 1.18 bits per heavy atom. The molecule has 0 bridgehead atoms. The van der Waals surface area contributed by atoms with Crippen LogP contribution in [0, 0.1) is 5.41 Å². The predicted octanol–water partition coefficient (Wildman–Crippen LogP) is 16.2. The minimum absolute atomic E-state index is 0.00694. The van der Waals surface area contributed by atoms with E-state index in [1.54, 1.807) is 74.9 Å². The molecule has 0 fully saturated rings. The molecule has 3 aromatic carbocycles. The molecule has 3 aliphatic carbocycles. The Morgan fingerprint density at radius 3 is 1.62 bits per heavy atom. The highest BCUT2D eigenvalue weighted by Gasteiger charge is 2.26. The first-order valence-electron chi connectivity index (χ1n) is 32.7. The summed E-state index contributed by atoms with van der Waals surface area (Å²) in [5.74, 6) is 3.32. The van der Waals surface area contributed by atoms with Gasteiger partial charge in [-0.1, -0.05) is 170 Å². The average Bonchev–Trinajstić information content (AvgIpc) is 1.11. The summed E-state index contributed by atoms with van der Waals surface area (Å²) in [5.41, 5.74) is 11.1. The maximum absolute atomic E-state index is 9.39. The lowest BCUT2D eigenvalue weighted by molar-refractivity contribution is 0.152. The summed E-state index contributed by atoms with van der Waals surface area (Å²) in [4.78, 5) is 0. The van der Waals surface area contributed by atoms with Gasteiger partial charge in [-0.3, -0.25) is 0 Å². The molecule has 0 saturated heterocycles. The van der Waals surface area contributed by atoms with E-state index >= 15 is 0 Å². The number of furan rings is 4. The number of aryl methyl sites for hydroxylation is 1. The molecule has 0 radical (unpaired) electrons. The van der Waals surface area contributed by atoms with E-state index in [-0.39, 0.29) is 76.6 Å². The van der Waals surface area contributed by atoms with Crippen LogP contribution in [-0.4, -0.2) is 88.7 Å². The smallest absolute Gasteiger partial charge is 0.129 e. The van der Waals surface area contributed by atoms with Gasteiger partial charge in [0, 0.05) is 12.0 Å². The number of hydrogen-bond donors (Lipinski definition) is 11. The molecular formula is C80H112O15. The SMILES string of the molecule is CC(C)=CCC/C(C)=C/CO.CC(O)c1ccccc1.CC1=C(/C=C/C(C)O)C(C)(C)CCC1.OC/C=C/c1ccccc1.OC/C=C/c1ccco1.OC1CCCc2occc21.OCC1=CCCCC1.OCc1ccc(CO)o1.OCc1ccccc1.OCc1ccco1. The van der Waals surface area contributed by atoms with Gasteiger partial charge in [-0.2, -0.15) is 0 Å². The Balaban J connectivity index is 0.000000530. The van der Waals surface area contributed by atoms with Gasteiger partial charge in [-0.25, -0.2) is 0 Å². The van der Waals surface area contributed by atoms with Gasteiger partial charge in [-0.15, -0.1) is 0 Å². The highest BCUT2D eigenvalue weighted by atomic mass is 16.4. The van der Waals surface area contributed by atoms with Crippen LogP contribution in [0.4, 0.5) is 0 Å². The third kappa shape index (κ3) is 42.6. The lowest BCUT2D eigenvalue weighted by Gasteiger charge is -2.33. The Kier molecular flexibility index (Phi) is 49.3. The Labute approximate surface area is 566 Å². The van der Waals surface area contributed by atoms with E-state index in [0.29, 0.717) is 17.3 Å². The zero-order chi connectivity index (χ0) is 70.3. The highest BCUT2D eigenvalue weighted by molar-refractivity contribution is 5.48. The number of fused-ring (bicyclic) bond motifs is 1. The van der Waals surface area contributed by atoms with Crippen molar-refractivity contribution in [1.82, 2.24) is 0 Å². The summed E-state index contributed by atoms with van der Waals surface area (Å²) < 4.78 is 19.7. The van der Waals surface area contributed by atoms with E-state index in [1.807, 2.05) is 121 Å². The van der Waals surface area contributed by atoms with E-state index < -0.39 is 0 Å². The van der Waals surface area contributed by atoms with Crippen molar-refractivity contribution in [3.63, 3.8) is 0 Å². The van der Waals surface area contributed by atoms with Crippen LogP contribution in [0.5, 0.6) is 0 Å². The van der Waals surface area contributed by atoms with Crippen molar-refractivity contribution >= 4 is 12.2 Å². The Morgan fingerprint density at radius 1 is 0.568 bits per heavy atom. The molecule has 3 aliphatic rings. The third-order valence-electron chi connectivity index (χ3n) is 14.4. The molecule has 0 saturated carbocycles. The fourth-order valence-electron chi connectivity index (χ4n) is 9.22. The molecule has 0 amide bonds. The summed E-state index contributed by atoms with van der Waals surface area (Å²) in [6.07, 6.45) is 34.7. The maximum Gasteiger partial charge on any atom is 0.129 e. The number of hydrogen-bond acceptors (Lipinski definition) is 15. The minimum Gasteiger partial charge on any atom is -0.469 e. The molecule has 0 spiro atoms. The molecular weight excluding hydrogens is 1200 g/mol. The molecule has 15 heteroatoms. The lowest BCUT2D eigenvalue weighted by atomic mass is 9.72. The van der Waals surface area contributed by atoms with Crippen molar-refractivity contribution in [3.05, 3.63) is 274 Å². The predicted molar refractivity (Wildman–Crippen MR) is 383 cm³/mol. The molecule has 4 heterocycles. The van der Waals surface area contributed by atoms with Gasteiger partial charge in [0.2, 0.25) is 0 Å². The quantitative estimate of drug-likeness (QED) is 0.0402. The van der Waals surface area contributed by atoms with Crippen LogP contribution in [0.2, 0.25) is 0 Å². The minimum atomic E-state index is -0.341. The first-order chi connectivity index (χ1) is 45.8. The van der Waals surface area contributed by atoms with Crippen LogP contribution in [0.3, 0.4) is 0 Å². The second-order valence-corrected chi connectivity index (χ2v) is 23.3. The molecule has 0 aliphatic heterocycles. The van der Waals surface area contributed by atoms with Crippen LogP contribution in [0.1, 0.15) is 189 Å². The van der Waals surface area contributed by atoms with E-state index in [2.05, 4.69) is 59.8 Å². The van der Waals surface area contributed by atoms with Crippen LogP contribution >= 0.6 is 0 Å². The molecule has 3 unspecified atom stereocenters. The van der Waals surface area contributed by atoms with Gasteiger partial charge in [0.25, 0.3) is 0 Å². The third-order valence-corrected chi connectivity index (χ3v) is 14.4. The first-order valence-corrected chi connectivity index (χ1v) is 32.7. The van der Waals surface area contributed by atoms with Gasteiger partial charge in [0.05, 0.1) is 70.1 Å². The number of aliphatic hydroxyl groups is 11. The van der Waals surface area contributed by atoms with Crippen LogP contribution in [-0.2, 0) is 32.8 Å². The second-order valence-electron chi connectivity index (χ2n) is 23.3. The molecule has 10 rings (SSSR count). The van der Waals surface area contributed by atoms with Gasteiger partial charge >= 0.3 is 0 Å². The van der Waals surface area contributed by atoms with E-state index in [9.17, 15) is 10.2 Å². The van der Waals surface area contributed by atoms with E-state index in [1.165, 1.54) is 72.7 Å². The van der Waals surface area contributed by atoms with E-state index in [0.717, 1.165) is 72.3 Å². The van der Waals surface area contributed by atoms with E-state index in [4.69, 9.17) is 63.6 Å².